The van der Waals surface area contributed by atoms with Gasteiger partial charge in [0.2, 0.25) is 0 Å². The lowest BCUT2D eigenvalue weighted by Gasteiger charge is -2.18. The lowest BCUT2D eigenvalue weighted by atomic mass is 10.0. The average Bonchev–Trinajstić information content (AvgIpc) is 2.15. The van der Waals surface area contributed by atoms with Crippen LogP contribution in [0.1, 0.15) is 24.9 Å². The van der Waals surface area contributed by atoms with E-state index in [1.165, 1.54) is 0 Å². The van der Waals surface area contributed by atoms with Crippen LogP contribution in [-0.2, 0) is 0 Å². The van der Waals surface area contributed by atoms with Crippen LogP contribution < -0.4 is 5.73 Å². The van der Waals surface area contributed by atoms with Crippen molar-refractivity contribution in [1.82, 2.24) is 4.98 Å². The van der Waals surface area contributed by atoms with E-state index in [9.17, 15) is 5.11 Å². The van der Waals surface area contributed by atoms with E-state index in [1.807, 2.05) is 6.92 Å². The maximum Gasteiger partial charge on any atom is 0.135 e. The fourth-order valence-electron chi connectivity index (χ4n) is 1.13. The number of aliphatic hydroxyl groups excluding tert-OH is 1. The number of rotatable bonds is 3. The molecule has 0 saturated carbocycles. The molecule has 0 amide bonds. The van der Waals surface area contributed by atoms with Crippen molar-refractivity contribution in [3.05, 3.63) is 28.0 Å². The highest BCUT2D eigenvalue weighted by atomic mass is 35.5. The van der Waals surface area contributed by atoms with Gasteiger partial charge in [-0.25, -0.2) is 4.98 Å². The van der Waals surface area contributed by atoms with Gasteiger partial charge >= 0.3 is 0 Å². The van der Waals surface area contributed by atoms with Gasteiger partial charge < -0.3 is 10.8 Å². The maximum absolute atomic E-state index is 9.53. The summed E-state index contributed by atoms with van der Waals surface area (Å²) >= 11 is 11.5. The summed E-state index contributed by atoms with van der Waals surface area (Å²) in [5.74, 6) is 0. The molecule has 1 rings (SSSR count). The average molecular weight is 235 g/mol. The van der Waals surface area contributed by atoms with Crippen molar-refractivity contribution >= 4 is 23.2 Å². The zero-order valence-electron chi connectivity index (χ0n) is 7.74. The van der Waals surface area contributed by atoms with Gasteiger partial charge in [-0.1, -0.05) is 36.2 Å². The van der Waals surface area contributed by atoms with Crippen molar-refractivity contribution in [3.8, 4) is 0 Å². The molecule has 0 fully saturated rings. The minimum absolute atomic E-state index is 0.248. The van der Waals surface area contributed by atoms with Gasteiger partial charge in [-0.3, -0.25) is 0 Å². The number of pyridine rings is 1. The Kier molecular flexibility index (Phi) is 4.13. The first-order chi connectivity index (χ1) is 6.56. The summed E-state index contributed by atoms with van der Waals surface area (Å²) in [6, 6.07) is 2.77. The molecule has 2 atom stereocenters. The number of nitrogens with two attached hydrogens (primary N) is 1. The molecule has 5 heteroatoms. The number of nitrogens with zero attached hydrogens (tertiary/aromatic N) is 1. The lowest BCUT2D eigenvalue weighted by Crippen LogP contribution is -2.25. The van der Waals surface area contributed by atoms with Gasteiger partial charge in [0.1, 0.15) is 10.3 Å². The van der Waals surface area contributed by atoms with Crippen LogP contribution in [0.5, 0.6) is 0 Å². The zero-order chi connectivity index (χ0) is 10.7. The van der Waals surface area contributed by atoms with Crippen LogP contribution in [0.15, 0.2) is 12.1 Å². The lowest BCUT2D eigenvalue weighted by molar-refractivity contribution is 0.140. The molecule has 1 aromatic rings. The molecule has 0 bridgehead atoms. The standard InChI is InChI=1S/C9H12Cl2N2O/c1-2-6(14)8(12)5-3-4-7(10)13-9(5)11/h3-4,6,8,14H,2,12H2,1H3/t6-,8+/m1/s1. The fourth-order valence-corrected chi connectivity index (χ4v) is 1.60. The Bertz CT molecular complexity index is 320. The highest BCUT2D eigenvalue weighted by molar-refractivity contribution is 6.32. The predicted molar refractivity (Wildman–Crippen MR) is 57.5 cm³/mol. The zero-order valence-corrected chi connectivity index (χ0v) is 9.26. The Morgan fingerprint density at radius 2 is 2.14 bits per heavy atom. The Hall–Kier alpha value is -0.350. The highest BCUT2D eigenvalue weighted by Gasteiger charge is 2.18. The second kappa shape index (κ2) is 4.94. The summed E-state index contributed by atoms with van der Waals surface area (Å²) in [6.07, 6.45) is -0.0457. The van der Waals surface area contributed by atoms with E-state index in [0.717, 1.165) is 0 Å². The number of aromatic nitrogens is 1. The summed E-state index contributed by atoms with van der Waals surface area (Å²) in [5.41, 5.74) is 6.40. The van der Waals surface area contributed by atoms with Gasteiger partial charge in [0, 0.05) is 5.56 Å². The molecule has 3 nitrogen and oxygen atoms in total. The summed E-state index contributed by atoms with van der Waals surface area (Å²) < 4.78 is 0. The third-order valence-corrected chi connectivity index (χ3v) is 2.55. The molecular weight excluding hydrogens is 223 g/mol. The van der Waals surface area contributed by atoms with Crippen molar-refractivity contribution in [1.29, 1.82) is 0 Å². The molecule has 3 N–H and O–H groups in total. The molecule has 14 heavy (non-hydrogen) atoms. The minimum Gasteiger partial charge on any atom is -0.391 e. The molecule has 0 spiro atoms. The summed E-state index contributed by atoms with van der Waals surface area (Å²) in [6.45, 7) is 1.85. The molecular formula is C9H12Cl2N2O. The molecule has 0 aliphatic carbocycles. The van der Waals surface area contributed by atoms with Crippen molar-refractivity contribution < 1.29 is 5.11 Å². The van der Waals surface area contributed by atoms with E-state index in [2.05, 4.69) is 4.98 Å². The molecule has 78 valence electrons. The van der Waals surface area contributed by atoms with Crippen LogP contribution in [0.25, 0.3) is 0 Å². The van der Waals surface area contributed by atoms with Crippen LogP contribution in [-0.4, -0.2) is 16.2 Å². The molecule has 1 aromatic heterocycles. The van der Waals surface area contributed by atoms with Gasteiger partial charge in [-0.05, 0) is 12.5 Å². The second-order valence-corrected chi connectivity index (χ2v) is 3.76. The smallest absolute Gasteiger partial charge is 0.135 e. The normalized spacial score (nSPS) is 15.2. The predicted octanol–water partition coefficient (Wildman–Crippen LogP) is 2.16. The van der Waals surface area contributed by atoms with Crippen LogP contribution in [0, 0.1) is 0 Å². The number of hydrogen-bond acceptors (Lipinski definition) is 3. The largest absolute Gasteiger partial charge is 0.391 e. The Labute approximate surface area is 92.9 Å². The van der Waals surface area contributed by atoms with E-state index < -0.39 is 12.1 Å². The van der Waals surface area contributed by atoms with Crippen LogP contribution >= 0.6 is 23.2 Å². The van der Waals surface area contributed by atoms with Crippen LogP contribution in [0.2, 0.25) is 10.3 Å². The monoisotopic (exact) mass is 234 g/mol. The van der Waals surface area contributed by atoms with Gasteiger partial charge in [-0.15, -0.1) is 0 Å². The third-order valence-electron chi connectivity index (χ3n) is 2.04. The molecule has 0 aliphatic rings. The topological polar surface area (TPSA) is 59.1 Å². The van der Waals surface area contributed by atoms with Crippen LogP contribution in [0.3, 0.4) is 0 Å². The summed E-state index contributed by atoms with van der Waals surface area (Å²) in [7, 11) is 0. The van der Waals surface area contributed by atoms with Gasteiger partial charge in [-0.2, -0.15) is 0 Å². The van der Waals surface area contributed by atoms with Gasteiger partial charge in [0.25, 0.3) is 0 Å². The molecule has 0 aliphatic heterocycles. The first kappa shape index (κ1) is 11.7. The highest BCUT2D eigenvalue weighted by Crippen LogP contribution is 2.24. The molecule has 0 aromatic carbocycles. The maximum atomic E-state index is 9.53. The SMILES string of the molecule is CC[C@@H](O)[C@@H](N)c1ccc(Cl)nc1Cl. The van der Waals surface area contributed by atoms with Gasteiger partial charge in [0.15, 0.2) is 0 Å². The minimum atomic E-state index is -0.615. The molecule has 0 unspecified atom stereocenters. The summed E-state index contributed by atoms with van der Waals surface area (Å²) in [5, 5.41) is 10.1. The first-order valence-electron chi connectivity index (χ1n) is 4.31. The Balaban J connectivity index is 2.95. The summed E-state index contributed by atoms with van der Waals surface area (Å²) in [4.78, 5) is 3.85. The second-order valence-electron chi connectivity index (χ2n) is 3.02. The Morgan fingerprint density at radius 3 is 2.64 bits per heavy atom. The van der Waals surface area contributed by atoms with Crippen molar-refractivity contribution in [2.24, 2.45) is 5.73 Å². The van der Waals surface area contributed by atoms with Crippen LogP contribution in [0.4, 0.5) is 0 Å². The van der Waals surface area contributed by atoms with E-state index >= 15 is 0 Å². The quantitative estimate of drug-likeness (QED) is 0.789. The third kappa shape index (κ3) is 2.58. The number of halogens is 2. The van der Waals surface area contributed by atoms with Crippen molar-refractivity contribution in [2.75, 3.05) is 0 Å². The van der Waals surface area contributed by atoms with E-state index in [0.29, 0.717) is 17.1 Å². The van der Waals surface area contributed by atoms with Crippen molar-refractivity contribution in [2.45, 2.75) is 25.5 Å². The molecule has 0 radical (unpaired) electrons. The van der Waals surface area contributed by atoms with E-state index in [-0.39, 0.29) is 5.15 Å². The van der Waals surface area contributed by atoms with Crippen molar-refractivity contribution in [3.63, 3.8) is 0 Å². The molecule has 0 saturated heterocycles. The Morgan fingerprint density at radius 1 is 1.50 bits per heavy atom. The fraction of sp³-hybridized carbons (Fsp3) is 0.444. The number of aliphatic hydroxyl groups is 1. The molecule has 1 heterocycles. The number of hydrogen-bond donors (Lipinski definition) is 2. The van der Waals surface area contributed by atoms with E-state index in [1.54, 1.807) is 12.1 Å². The van der Waals surface area contributed by atoms with Gasteiger partial charge in [0.05, 0.1) is 12.1 Å². The first-order valence-corrected chi connectivity index (χ1v) is 5.07. The van der Waals surface area contributed by atoms with E-state index in [4.69, 9.17) is 28.9 Å².